The van der Waals surface area contributed by atoms with Crippen LogP contribution in [0.25, 0.3) is 0 Å². The molecule has 25 heavy (non-hydrogen) atoms. The first-order chi connectivity index (χ1) is 11.7. The summed E-state index contributed by atoms with van der Waals surface area (Å²) in [5.41, 5.74) is -0.294. The lowest BCUT2D eigenvalue weighted by Gasteiger charge is -2.45. The maximum Gasteiger partial charge on any atom is 0.408 e. The fraction of sp³-hybridized carbons (Fsp3) is 0.474. The van der Waals surface area contributed by atoms with Gasteiger partial charge in [-0.3, -0.25) is 0 Å². The Morgan fingerprint density at radius 3 is 2.48 bits per heavy atom. The summed E-state index contributed by atoms with van der Waals surface area (Å²) >= 11 is 0. The second-order valence-corrected chi connectivity index (χ2v) is 7.28. The summed E-state index contributed by atoms with van der Waals surface area (Å²) in [4.78, 5) is 22.9. The molecule has 6 nitrogen and oxygen atoms in total. The van der Waals surface area contributed by atoms with Crippen LogP contribution in [-0.2, 0) is 20.9 Å². The molecule has 0 aliphatic heterocycles. The van der Waals surface area contributed by atoms with Gasteiger partial charge in [0.2, 0.25) is 0 Å². The average Bonchev–Trinajstić information content (AvgIpc) is 2.47. The van der Waals surface area contributed by atoms with Gasteiger partial charge in [-0.1, -0.05) is 36.4 Å². The summed E-state index contributed by atoms with van der Waals surface area (Å²) in [7, 11) is 0. The molecule has 1 fully saturated rings. The zero-order valence-corrected chi connectivity index (χ0v) is 14.8. The lowest BCUT2D eigenvalue weighted by Crippen LogP contribution is -2.59. The molecule has 0 saturated heterocycles. The van der Waals surface area contributed by atoms with Gasteiger partial charge in [-0.15, -0.1) is 0 Å². The molecule has 0 unspecified atom stereocenters. The van der Waals surface area contributed by atoms with E-state index < -0.39 is 23.2 Å². The van der Waals surface area contributed by atoms with Crippen molar-refractivity contribution in [1.82, 2.24) is 5.32 Å². The number of carboxylic acid groups (broad SMARTS) is 1. The highest BCUT2D eigenvalue weighted by Crippen LogP contribution is 2.36. The molecule has 6 heteroatoms. The summed E-state index contributed by atoms with van der Waals surface area (Å²) in [5, 5.41) is 11.7. The van der Waals surface area contributed by atoms with Crippen LogP contribution in [0.1, 0.15) is 39.2 Å². The lowest BCUT2D eigenvalue weighted by molar-refractivity contribution is -0.131. The maximum atomic E-state index is 12.0. The van der Waals surface area contributed by atoms with Gasteiger partial charge in [0, 0.05) is 18.9 Å². The van der Waals surface area contributed by atoms with Crippen molar-refractivity contribution in [2.45, 2.75) is 57.5 Å². The first-order valence-electron chi connectivity index (χ1n) is 8.26. The van der Waals surface area contributed by atoms with Crippen molar-refractivity contribution in [2.24, 2.45) is 0 Å². The van der Waals surface area contributed by atoms with Crippen LogP contribution >= 0.6 is 0 Å². The Hall–Kier alpha value is -2.34. The van der Waals surface area contributed by atoms with Crippen molar-refractivity contribution >= 4 is 12.1 Å². The number of ether oxygens (including phenoxy) is 2. The number of carbonyl (C=O) groups is 2. The fourth-order valence-corrected chi connectivity index (χ4v) is 2.68. The number of hydrogen-bond donors (Lipinski definition) is 2. The quantitative estimate of drug-likeness (QED) is 0.772. The van der Waals surface area contributed by atoms with Crippen LogP contribution in [0.3, 0.4) is 0 Å². The van der Waals surface area contributed by atoms with Crippen molar-refractivity contribution in [3.8, 4) is 0 Å². The minimum absolute atomic E-state index is 0.0476. The molecule has 1 aromatic rings. The van der Waals surface area contributed by atoms with Crippen LogP contribution in [0.5, 0.6) is 0 Å². The molecule has 1 aliphatic carbocycles. The Morgan fingerprint density at radius 2 is 1.92 bits per heavy atom. The van der Waals surface area contributed by atoms with E-state index in [1.54, 1.807) is 20.8 Å². The van der Waals surface area contributed by atoms with E-state index in [1.165, 1.54) is 6.08 Å². The Morgan fingerprint density at radius 1 is 1.28 bits per heavy atom. The third kappa shape index (κ3) is 6.23. The number of carbonyl (C=O) groups excluding carboxylic acids is 1. The van der Waals surface area contributed by atoms with Gasteiger partial charge in [-0.25, -0.2) is 9.59 Å². The van der Waals surface area contributed by atoms with E-state index in [4.69, 9.17) is 14.6 Å². The third-order valence-corrected chi connectivity index (χ3v) is 3.81. The van der Waals surface area contributed by atoms with Gasteiger partial charge in [0.1, 0.15) is 5.60 Å². The van der Waals surface area contributed by atoms with E-state index in [1.807, 2.05) is 30.3 Å². The molecule has 1 aliphatic rings. The summed E-state index contributed by atoms with van der Waals surface area (Å²) < 4.78 is 11.1. The zero-order valence-electron chi connectivity index (χ0n) is 14.8. The number of rotatable bonds is 6. The van der Waals surface area contributed by atoms with Crippen LogP contribution in [0.2, 0.25) is 0 Å². The molecule has 1 aromatic carbocycles. The van der Waals surface area contributed by atoms with E-state index in [0.29, 0.717) is 19.4 Å². The summed E-state index contributed by atoms with van der Waals surface area (Å²) in [5.74, 6) is -1.06. The monoisotopic (exact) mass is 347 g/mol. The molecule has 2 N–H and O–H groups in total. The van der Waals surface area contributed by atoms with Crippen molar-refractivity contribution in [3.63, 3.8) is 0 Å². The molecule has 1 amide bonds. The van der Waals surface area contributed by atoms with Crippen LogP contribution in [0.4, 0.5) is 4.79 Å². The molecule has 136 valence electrons. The molecule has 1 saturated carbocycles. The Labute approximate surface area is 147 Å². The molecule has 0 bridgehead atoms. The van der Waals surface area contributed by atoms with E-state index in [0.717, 1.165) is 11.6 Å². The molecule has 0 heterocycles. The SMILES string of the molecule is CC(C)(C)OC(=O)NC1(C=CC(=O)O)CC(OCc2ccccc2)C1. The number of aliphatic carboxylic acids is 1. The minimum Gasteiger partial charge on any atom is -0.478 e. The summed E-state index contributed by atoms with van der Waals surface area (Å²) in [6.07, 6.45) is 2.94. The third-order valence-electron chi connectivity index (χ3n) is 3.81. The van der Waals surface area contributed by atoms with Crippen LogP contribution in [-0.4, -0.2) is 34.4 Å². The van der Waals surface area contributed by atoms with Crippen molar-refractivity contribution < 1.29 is 24.2 Å². The molecule has 0 radical (unpaired) electrons. The van der Waals surface area contributed by atoms with Gasteiger partial charge in [-0.05, 0) is 26.3 Å². The van der Waals surface area contributed by atoms with Gasteiger partial charge in [0.25, 0.3) is 0 Å². The second kappa shape index (κ2) is 7.70. The lowest BCUT2D eigenvalue weighted by atomic mass is 9.74. The molecular formula is C19H25NO5. The van der Waals surface area contributed by atoms with Crippen LogP contribution < -0.4 is 5.32 Å². The molecule has 0 atom stereocenters. The molecular weight excluding hydrogens is 322 g/mol. The second-order valence-electron chi connectivity index (χ2n) is 7.28. The zero-order chi connectivity index (χ0) is 18.5. The highest BCUT2D eigenvalue weighted by Gasteiger charge is 2.45. The maximum absolute atomic E-state index is 12.0. The van der Waals surface area contributed by atoms with E-state index >= 15 is 0 Å². The standard InChI is InChI=1S/C19H25NO5/c1-18(2,3)25-17(23)20-19(10-9-16(21)22)11-15(12-19)24-13-14-7-5-4-6-8-14/h4-10,15H,11-13H2,1-3H3,(H,20,23)(H,21,22). The van der Waals surface area contributed by atoms with Gasteiger partial charge < -0.3 is 19.9 Å². The van der Waals surface area contributed by atoms with E-state index in [9.17, 15) is 9.59 Å². The van der Waals surface area contributed by atoms with E-state index in [2.05, 4.69) is 5.32 Å². The van der Waals surface area contributed by atoms with Crippen LogP contribution in [0.15, 0.2) is 42.5 Å². The Kier molecular flexibility index (Phi) is 5.85. The van der Waals surface area contributed by atoms with Crippen molar-refractivity contribution in [3.05, 3.63) is 48.0 Å². The summed E-state index contributed by atoms with van der Waals surface area (Å²) in [6, 6.07) is 9.80. The van der Waals surface area contributed by atoms with Gasteiger partial charge in [-0.2, -0.15) is 0 Å². The molecule has 0 aromatic heterocycles. The van der Waals surface area contributed by atoms with Gasteiger partial charge in [0.05, 0.1) is 18.2 Å². The van der Waals surface area contributed by atoms with Crippen molar-refractivity contribution in [2.75, 3.05) is 0 Å². The number of carboxylic acids is 1. The predicted molar refractivity (Wildman–Crippen MR) is 93.1 cm³/mol. The molecule has 2 rings (SSSR count). The Bertz CT molecular complexity index is 627. The first kappa shape index (κ1) is 19.0. The van der Waals surface area contributed by atoms with E-state index in [-0.39, 0.29) is 6.10 Å². The number of alkyl carbamates (subject to hydrolysis) is 1. The van der Waals surface area contributed by atoms with Gasteiger partial charge >= 0.3 is 12.1 Å². The highest BCUT2D eigenvalue weighted by molar-refractivity contribution is 5.80. The Balaban J connectivity index is 1.92. The topological polar surface area (TPSA) is 84.9 Å². The van der Waals surface area contributed by atoms with Gasteiger partial charge in [0.15, 0.2) is 0 Å². The number of benzene rings is 1. The first-order valence-corrected chi connectivity index (χ1v) is 8.26. The smallest absolute Gasteiger partial charge is 0.408 e. The predicted octanol–water partition coefficient (Wildman–Crippen LogP) is 3.27. The summed E-state index contributed by atoms with van der Waals surface area (Å²) in [6.45, 7) is 5.81. The molecule has 0 spiro atoms. The number of nitrogens with one attached hydrogen (secondary N) is 1. The number of amides is 1. The largest absolute Gasteiger partial charge is 0.478 e. The van der Waals surface area contributed by atoms with Crippen LogP contribution in [0, 0.1) is 0 Å². The highest BCUT2D eigenvalue weighted by atomic mass is 16.6. The minimum atomic E-state index is -1.06. The normalized spacial score (nSPS) is 23.1. The number of hydrogen-bond acceptors (Lipinski definition) is 4. The van der Waals surface area contributed by atoms with Crippen molar-refractivity contribution in [1.29, 1.82) is 0 Å². The average molecular weight is 347 g/mol. The fourth-order valence-electron chi connectivity index (χ4n) is 2.68.